The molecule has 0 aliphatic heterocycles. The molecular formula is C46H44ClF10N8O15PS2. The number of phosphoric acid groups is 1. The number of amides is 3. The quantitative estimate of drug-likeness (QED) is 0.0284. The summed E-state index contributed by atoms with van der Waals surface area (Å²) >= 11 is 6.61. The zero-order valence-electron chi connectivity index (χ0n) is 43.1. The van der Waals surface area contributed by atoms with Crippen molar-refractivity contribution in [1.29, 1.82) is 0 Å². The minimum atomic E-state index is -5.30. The van der Waals surface area contributed by atoms with Crippen molar-refractivity contribution in [3.8, 4) is 23.0 Å². The number of pyridine rings is 1. The predicted octanol–water partition coefficient (Wildman–Crippen LogP) is 6.86. The minimum absolute atomic E-state index is 0.0982. The number of ether oxygens (including phenoxy) is 2. The monoisotopic (exact) mass is 1270 g/mol. The van der Waals surface area contributed by atoms with Crippen molar-refractivity contribution in [1.82, 2.24) is 34.8 Å². The van der Waals surface area contributed by atoms with Crippen LogP contribution >= 0.6 is 19.4 Å². The van der Waals surface area contributed by atoms with Crippen molar-refractivity contribution >= 4 is 80.1 Å². The molecule has 1 aliphatic rings. The Bertz CT molecular complexity index is 3730. The molecule has 4 N–H and O–H groups in total. The van der Waals surface area contributed by atoms with Crippen molar-refractivity contribution in [2.75, 3.05) is 43.3 Å². The zero-order valence-corrected chi connectivity index (χ0v) is 46.4. The van der Waals surface area contributed by atoms with E-state index in [0.717, 1.165) is 49.6 Å². The molecule has 23 nitrogen and oxygen atoms in total. The number of nitrogens with one attached hydrogen (secondary N) is 1. The van der Waals surface area contributed by atoms with Crippen LogP contribution in [-0.2, 0) is 86.0 Å². The molecule has 3 amide bonds. The lowest BCUT2D eigenvalue weighted by Crippen LogP contribution is -2.41. The van der Waals surface area contributed by atoms with E-state index in [9.17, 15) is 80.8 Å². The SMILES string of the molecule is C[C@@H]1Cc2c(C(F)(F)F)nn(CC(=O)N[C@@H](Cc3cc(F)cc(F)c3)c3nc(C#CC(C)(C)S(C)(=O)=O)ccc3-c3ccc(Cl)c4c(N(C(=O)OCCN(CC(=O)O)C(=O)OCOP(=O)(O)O)S(C)(=O)=O)nn(CC(F)(F)F)c34)c2C1(F)F. The number of aliphatic carboxylic acids is 1. The maximum Gasteiger partial charge on any atom is 0.472 e. The molecule has 37 heteroatoms. The average molecular weight is 1270 g/mol. The van der Waals surface area contributed by atoms with Gasteiger partial charge in [0.25, 0.3) is 5.92 Å². The highest BCUT2D eigenvalue weighted by molar-refractivity contribution is 7.93. The molecule has 5 aromatic rings. The van der Waals surface area contributed by atoms with Gasteiger partial charge in [-0.1, -0.05) is 30.5 Å². The molecule has 2 atom stereocenters. The number of alkyl halides is 8. The number of rotatable bonds is 19. The fourth-order valence-electron chi connectivity index (χ4n) is 8.20. The van der Waals surface area contributed by atoms with E-state index >= 15 is 8.78 Å². The first kappa shape index (κ1) is 65.1. The third-order valence-electron chi connectivity index (χ3n) is 12.1. The Morgan fingerprint density at radius 1 is 0.940 bits per heavy atom. The van der Waals surface area contributed by atoms with Gasteiger partial charge in [0, 0.05) is 34.9 Å². The maximum atomic E-state index is 15.6. The molecular weight excluding hydrogens is 1230 g/mol. The van der Waals surface area contributed by atoms with E-state index in [4.69, 9.17) is 26.1 Å². The minimum Gasteiger partial charge on any atom is -0.480 e. The molecule has 6 rings (SSSR count). The summed E-state index contributed by atoms with van der Waals surface area (Å²) < 4.78 is 223. The number of fused-ring (bicyclic) bond motifs is 2. The highest BCUT2D eigenvalue weighted by Crippen LogP contribution is 2.50. The standard InChI is InChI=1S/C46H44ClF10N8O15PS2/c1-23-14-30-38(46(55,56)57)60-63(39(30)45(23,53)54)19-33(66)59-32(17-24-15-25(48)18-26(49)16-24)36-28(7-6-27(58-36)10-11-43(2,3)82(4,74)75)29-8-9-31(47)35-37(29)64(21-44(50,51)52)61-40(35)65(83(5,76)77)42(70)78-13-12-62(20-34(67)68)41(69)79-22-80-81(71,72)73/h6-9,15-16,18,23,32H,12-14,17,19-22H2,1-5H3,(H,59,66)(H,67,68)(H2,71,72,73)/t23-,32+/m1/s1. The number of carboxylic acids is 1. The van der Waals surface area contributed by atoms with Crippen LogP contribution in [0.1, 0.15) is 60.7 Å². The second-order valence-electron chi connectivity index (χ2n) is 18.8. The zero-order chi connectivity index (χ0) is 62.3. The Labute approximate surface area is 467 Å². The molecule has 2 aromatic carbocycles. The van der Waals surface area contributed by atoms with Crippen LogP contribution in [0.4, 0.5) is 59.3 Å². The average Bonchev–Trinajstić information content (AvgIpc) is 4.20. The van der Waals surface area contributed by atoms with Crippen LogP contribution in [0.15, 0.2) is 42.5 Å². The van der Waals surface area contributed by atoms with E-state index in [0.29, 0.717) is 12.3 Å². The first-order valence-electron chi connectivity index (χ1n) is 23.3. The summed E-state index contributed by atoms with van der Waals surface area (Å²) in [6.45, 7) is -5.02. The highest BCUT2D eigenvalue weighted by Gasteiger charge is 2.54. The topological polar surface area (TPSA) is 309 Å². The predicted molar refractivity (Wildman–Crippen MR) is 267 cm³/mol. The number of anilines is 1. The lowest BCUT2D eigenvalue weighted by atomic mass is 9.93. The van der Waals surface area contributed by atoms with E-state index in [-0.39, 0.29) is 24.1 Å². The van der Waals surface area contributed by atoms with Crippen LogP contribution in [0, 0.1) is 29.4 Å². The summed E-state index contributed by atoms with van der Waals surface area (Å²) in [5, 5.41) is 17.3. The molecule has 83 heavy (non-hydrogen) atoms. The van der Waals surface area contributed by atoms with E-state index in [1.54, 1.807) is 0 Å². The fourth-order valence-corrected chi connectivity index (χ4v) is 9.63. The number of phosphoric ester groups is 1. The van der Waals surface area contributed by atoms with E-state index in [1.807, 2.05) is 0 Å². The van der Waals surface area contributed by atoms with Crippen molar-refractivity contribution < 1.29 is 113 Å². The molecule has 0 bridgehead atoms. The van der Waals surface area contributed by atoms with Crippen LogP contribution in [0.25, 0.3) is 22.0 Å². The van der Waals surface area contributed by atoms with Gasteiger partial charge in [0.1, 0.15) is 54.0 Å². The Morgan fingerprint density at radius 3 is 2.13 bits per heavy atom. The summed E-state index contributed by atoms with van der Waals surface area (Å²) in [5.41, 5.74) is -7.01. The Morgan fingerprint density at radius 2 is 1.57 bits per heavy atom. The van der Waals surface area contributed by atoms with Gasteiger partial charge in [0.15, 0.2) is 21.3 Å². The summed E-state index contributed by atoms with van der Waals surface area (Å²) in [6.07, 6.45) is -14.7. The Hall–Kier alpha value is -7.09. The number of hydrogen-bond acceptors (Lipinski definition) is 15. The number of nitrogens with zero attached hydrogens (tertiary/aromatic N) is 7. The molecule has 3 heterocycles. The molecule has 0 unspecified atom stereocenters. The molecule has 452 valence electrons. The Balaban J connectivity index is 1.57. The van der Waals surface area contributed by atoms with Gasteiger partial charge >= 0.3 is 38.3 Å². The fraction of sp³-hybridized carbons (Fsp3) is 0.413. The van der Waals surface area contributed by atoms with E-state index < -0.39 is 212 Å². The van der Waals surface area contributed by atoms with Gasteiger partial charge in [-0.05, 0) is 68.5 Å². The number of halogens is 11. The molecule has 3 aromatic heterocycles. The van der Waals surface area contributed by atoms with Gasteiger partial charge in [0.05, 0.1) is 40.5 Å². The highest BCUT2D eigenvalue weighted by atomic mass is 35.5. The number of carbonyl (C=O) groups excluding carboxylic acids is 3. The van der Waals surface area contributed by atoms with Gasteiger partial charge in [-0.2, -0.15) is 49.6 Å². The van der Waals surface area contributed by atoms with Gasteiger partial charge in [-0.15, -0.1) is 0 Å². The van der Waals surface area contributed by atoms with Crippen LogP contribution in [0.2, 0.25) is 5.02 Å². The lowest BCUT2D eigenvalue weighted by Gasteiger charge is -2.23. The number of benzene rings is 2. The Kier molecular flexibility index (Phi) is 18.7. The van der Waals surface area contributed by atoms with Gasteiger partial charge < -0.3 is 29.7 Å². The second kappa shape index (κ2) is 23.9. The van der Waals surface area contributed by atoms with Crippen LogP contribution in [0.5, 0.6) is 0 Å². The van der Waals surface area contributed by atoms with Gasteiger partial charge in [-0.3, -0.25) is 23.9 Å². The second-order valence-corrected chi connectivity index (χ2v) is 24.9. The molecule has 0 saturated heterocycles. The van der Waals surface area contributed by atoms with Crippen LogP contribution in [-0.4, -0.2) is 135 Å². The lowest BCUT2D eigenvalue weighted by molar-refractivity contribution is -0.143. The van der Waals surface area contributed by atoms with E-state index in [1.165, 1.54) is 13.8 Å². The largest absolute Gasteiger partial charge is 0.480 e. The first-order chi connectivity index (χ1) is 38.0. The number of aromatic nitrogens is 5. The third-order valence-corrected chi connectivity index (χ3v) is 15.8. The smallest absolute Gasteiger partial charge is 0.472 e. The summed E-state index contributed by atoms with van der Waals surface area (Å²) in [4.78, 5) is 74.5. The number of carboxylic acid groups (broad SMARTS) is 1. The molecule has 0 saturated carbocycles. The number of carbonyl (C=O) groups is 4. The van der Waals surface area contributed by atoms with Crippen molar-refractivity contribution in [3.63, 3.8) is 0 Å². The molecule has 0 fully saturated rings. The maximum absolute atomic E-state index is 15.6. The van der Waals surface area contributed by atoms with Crippen molar-refractivity contribution in [3.05, 3.63) is 93.0 Å². The van der Waals surface area contributed by atoms with Gasteiger partial charge in [-0.25, -0.2) is 49.3 Å². The third kappa shape index (κ3) is 15.6. The van der Waals surface area contributed by atoms with Crippen LogP contribution < -0.4 is 9.62 Å². The summed E-state index contributed by atoms with van der Waals surface area (Å²) in [5.74, 6) is -7.53. The summed E-state index contributed by atoms with van der Waals surface area (Å²) in [7, 11) is -14.4. The van der Waals surface area contributed by atoms with Crippen molar-refractivity contribution in [2.45, 2.75) is 75.8 Å². The van der Waals surface area contributed by atoms with E-state index in [2.05, 4.69) is 41.6 Å². The molecule has 0 radical (unpaired) electrons. The number of hydrogen-bond donors (Lipinski definition) is 4. The molecule has 0 spiro atoms. The first-order valence-corrected chi connectivity index (χ1v) is 28.9. The normalized spacial score (nSPS) is 15.0. The van der Waals surface area contributed by atoms with Crippen molar-refractivity contribution in [2.24, 2.45) is 5.92 Å². The van der Waals surface area contributed by atoms with Crippen LogP contribution in [0.3, 0.4) is 0 Å². The molecule has 1 aliphatic carbocycles. The van der Waals surface area contributed by atoms with Gasteiger partial charge in [0.2, 0.25) is 22.7 Å². The number of sulfonamides is 1. The number of sulfone groups is 1. The summed E-state index contributed by atoms with van der Waals surface area (Å²) in [6, 6.07) is 4.01.